The van der Waals surface area contributed by atoms with E-state index in [1.807, 2.05) is 6.92 Å². The molecule has 2 rings (SSSR count). The first kappa shape index (κ1) is 19.2. The lowest BCUT2D eigenvalue weighted by Gasteiger charge is -2.34. The molecule has 1 unspecified atom stereocenters. The summed E-state index contributed by atoms with van der Waals surface area (Å²) in [5.41, 5.74) is 2.15. The van der Waals surface area contributed by atoms with Crippen LogP contribution >= 0.6 is 0 Å². The van der Waals surface area contributed by atoms with Gasteiger partial charge in [-0.2, -0.15) is 0 Å². The molecule has 0 bridgehead atoms. The minimum Gasteiger partial charge on any atom is -0.465 e. The van der Waals surface area contributed by atoms with Gasteiger partial charge < -0.3 is 15.0 Å². The zero-order chi connectivity index (χ0) is 18.7. The van der Waals surface area contributed by atoms with Crippen LogP contribution in [0.5, 0.6) is 0 Å². The van der Waals surface area contributed by atoms with E-state index in [2.05, 4.69) is 15.2 Å². The van der Waals surface area contributed by atoms with E-state index in [1.54, 1.807) is 20.9 Å². The van der Waals surface area contributed by atoms with E-state index in [4.69, 9.17) is 4.74 Å². The maximum atomic E-state index is 12.9. The van der Waals surface area contributed by atoms with Gasteiger partial charge in [-0.3, -0.25) is 14.5 Å². The minimum atomic E-state index is -0.440. The second kappa shape index (κ2) is 7.82. The molecule has 1 aromatic rings. The number of amides is 1. The van der Waals surface area contributed by atoms with Crippen LogP contribution in [0.4, 0.5) is 0 Å². The second-order valence-corrected chi connectivity index (χ2v) is 6.58. The van der Waals surface area contributed by atoms with Crippen molar-refractivity contribution < 1.29 is 19.1 Å². The topological polar surface area (TPSA) is 91.5 Å². The highest BCUT2D eigenvalue weighted by atomic mass is 16.5. The zero-order valence-electron chi connectivity index (χ0n) is 15.6. The number of piperidine rings is 1. The maximum absolute atomic E-state index is 12.9. The number of carbonyl (C=O) groups is 3. The summed E-state index contributed by atoms with van der Waals surface area (Å²) in [5.74, 6) is -0.403. The lowest BCUT2D eigenvalue weighted by atomic mass is 9.94. The van der Waals surface area contributed by atoms with Crippen LogP contribution in [-0.2, 0) is 9.53 Å². The van der Waals surface area contributed by atoms with Crippen LogP contribution in [0.1, 0.15) is 51.9 Å². The number of ether oxygens (including phenoxy) is 1. The normalized spacial score (nSPS) is 17.2. The summed E-state index contributed by atoms with van der Waals surface area (Å²) in [6.07, 6.45) is 1.49. The number of hydrogen-bond acceptors (Lipinski definition) is 5. The van der Waals surface area contributed by atoms with Gasteiger partial charge in [0.1, 0.15) is 0 Å². The van der Waals surface area contributed by atoms with Gasteiger partial charge in [0.25, 0.3) is 0 Å². The third-order valence-electron chi connectivity index (χ3n) is 5.15. The predicted octanol–water partition coefficient (Wildman–Crippen LogP) is 1.45. The molecule has 0 aromatic carbocycles. The fourth-order valence-electron chi connectivity index (χ4n) is 3.53. The number of H-pyrrole nitrogens is 1. The van der Waals surface area contributed by atoms with Crippen LogP contribution in [0.2, 0.25) is 0 Å². The first-order valence-corrected chi connectivity index (χ1v) is 8.59. The van der Waals surface area contributed by atoms with Gasteiger partial charge in [-0.1, -0.05) is 0 Å². The van der Waals surface area contributed by atoms with E-state index < -0.39 is 5.97 Å². The van der Waals surface area contributed by atoms with Gasteiger partial charge in [0.2, 0.25) is 5.91 Å². The van der Waals surface area contributed by atoms with Crippen molar-refractivity contribution in [1.82, 2.24) is 15.2 Å². The molecule has 25 heavy (non-hydrogen) atoms. The molecule has 2 heterocycles. The highest BCUT2D eigenvalue weighted by Gasteiger charge is 2.32. The van der Waals surface area contributed by atoms with Crippen molar-refractivity contribution in [3.05, 3.63) is 22.5 Å². The Hall–Kier alpha value is -2.15. The van der Waals surface area contributed by atoms with Crippen molar-refractivity contribution in [1.29, 1.82) is 0 Å². The lowest BCUT2D eigenvalue weighted by molar-refractivity contribution is -0.126. The molecule has 1 aliphatic heterocycles. The Kier molecular flexibility index (Phi) is 6.00. The van der Waals surface area contributed by atoms with Gasteiger partial charge in [-0.25, -0.2) is 4.79 Å². The Morgan fingerprint density at radius 1 is 1.24 bits per heavy atom. The third-order valence-corrected chi connectivity index (χ3v) is 5.15. The van der Waals surface area contributed by atoms with Gasteiger partial charge in [0.05, 0.1) is 24.4 Å². The molecule has 1 aliphatic rings. The molecule has 1 amide bonds. The highest BCUT2D eigenvalue weighted by Crippen LogP contribution is 2.24. The Balaban J connectivity index is 2.11. The van der Waals surface area contributed by atoms with E-state index in [9.17, 15) is 14.4 Å². The van der Waals surface area contributed by atoms with Gasteiger partial charge in [-0.05, 0) is 52.3 Å². The number of rotatable bonds is 5. The largest absolute Gasteiger partial charge is 0.465 e. The molecule has 7 nitrogen and oxygen atoms in total. The number of hydrogen-bond donors (Lipinski definition) is 2. The maximum Gasteiger partial charge on any atom is 0.339 e. The molecule has 0 saturated carbocycles. The molecular weight excluding hydrogens is 322 g/mol. The van der Waals surface area contributed by atoms with Crippen LogP contribution in [-0.4, -0.2) is 60.8 Å². The van der Waals surface area contributed by atoms with E-state index >= 15 is 0 Å². The fraction of sp³-hybridized carbons (Fsp3) is 0.611. The molecule has 1 saturated heterocycles. The predicted molar refractivity (Wildman–Crippen MR) is 93.8 cm³/mol. The van der Waals surface area contributed by atoms with Gasteiger partial charge in [-0.15, -0.1) is 0 Å². The van der Waals surface area contributed by atoms with Crippen molar-refractivity contribution in [2.75, 3.05) is 27.2 Å². The Labute approximate surface area is 148 Å². The first-order valence-electron chi connectivity index (χ1n) is 8.59. The molecule has 1 fully saturated rings. The number of aryl methyl sites for hydroxylation is 1. The van der Waals surface area contributed by atoms with Crippen LogP contribution in [0.3, 0.4) is 0 Å². The average Bonchev–Trinajstić information content (AvgIpc) is 2.93. The second-order valence-electron chi connectivity index (χ2n) is 6.58. The van der Waals surface area contributed by atoms with Crippen molar-refractivity contribution in [3.63, 3.8) is 0 Å². The molecule has 0 aliphatic carbocycles. The SMILES string of the molecule is CNC(=O)C1CCN(C(C)C(=O)c2[nH]c(C)c(C(=O)OC)c2C)CC1. The number of esters is 1. The van der Waals surface area contributed by atoms with E-state index in [0.29, 0.717) is 35.6 Å². The molecule has 1 aromatic heterocycles. The lowest BCUT2D eigenvalue weighted by Crippen LogP contribution is -2.46. The number of carbonyl (C=O) groups excluding carboxylic acids is 3. The quantitative estimate of drug-likeness (QED) is 0.620. The zero-order valence-corrected chi connectivity index (χ0v) is 15.6. The van der Waals surface area contributed by atoms with Crippen molar-refractivity contribution >= 4 is 17.7 Å². The fourth-order valence-corrected chi connectivity index (χ4v) is 3.53. The Bertz CT molecular complexity index is 672. The Morgan fingerprint density at radius 2 is 1.84 bits per heavy atom. The van der Waals surface area contributed by atoms with Crippen molar-refractivity contribution in [2.24, 2.45) is 5.92 Å². The highest BCUT2D eigenvalue weighted by molar-refractivity contribution is 6.03. The summed E-state index contributed by atoms with van der Waals surface area (Å²) < 4.78 is 4.79. The van der Waals surface area contributed by atoms with E-state index in [0.717, 1.165) is 12.8 Å². The summed E-state index contributed by atoms with van der Waals surface area (Å²) in [5, 5.41) is 2.69. The smallest absolute Gasteiger partial charge is 0.339 e. The van der Waals surface area contributed by atoms with Crippen LogP contribution in [0.25, 0.3) is 0 Å². The standard InChI is InChI=1S/C18H27N3O4/c1-10-14(18(24)25-5)11(2)20-15(10)16(22)12(3)21-8-6-13(7-9-21)17(23)19-4/h12-13,20H,6-9H2,1-5H3,(H,19,23). The number of nitrogens with one attached hydrogen (secondary N) is 2. The number of ketones is 1. The van der Waals surface area contributed by atoms with Crippen LogP contribution in [0, 0.1) is 19.8 Å². The summed E-state index contributed by atoms with van der Waals surface area (Å²) in [6.45, 7) is 6.79. The number of aromatic amines is 1. The summed E-state index contributed by atoms with van der Waals surface area (Å²) in [6, 6.07) is -0.312. The molecular formula is C18H27N3O4. The number of Topliss-reactive ketones (excluding diaryl/α,β-unsaturated/α-hetero) is 1. The average molecular weight is 349 g/mol. The molecule has 0 spiro atoms. The number of nitrogens with zero attached hydrogens (tertiary/aromatic N) is 1. The third kappa shape index (κ3) is 3.76. The first-order chi connectivity index (χ1) is 11.8. The van der Waals surface area contributed by atoms with E-state index in [-0.39, 0.29) is 23.7 Å². The molecule has 1 atom stereocenters. The number of methoxy groups -OCH3 is 1. The molecule has 0 radical (unpaired) electrons. The molecule has 2 N–H and O–H groups in total. The summed E-state index contributed by atoms with van der Waals surface area (Å²) in [7, 11) is 2.98. The van der Waals surface area contributed by atoms with Crippen LogP contribution < -0.4 is 5.32 Å². The minimum absolute atomic E-state index is 0.0175. The molecule has 138 valence electrons. The van der Waals surface area contributed by atoms with Gasteiger partial charge >= 0.3 is 5.97 Å². The summed E-state index contributed by atoms with van der Waals surface area (Å²) >= 11 is 0. The summed E-state index contributed by atoms with van der Waals surface area (Å²) in [4.78, 5) is 41.7. The van der Waals surface area contributed by atoms with Gasteiger partial charge in [0.15, 0.2) is 5.78 Å². The number of aromatic nitrogens is 1. The van der Waals surface area contributed by atoms with Crippen LogP contribution in [0.15, 0.2) is 0 Å². The monoisotopic (exact) mass is 349 g/mol. The van der Waals surface area contributed by atoms with Crippen molar-refractivity contribution in [3.8, 4) is 0 Å². The van der Waals surface area contributed by atoms with Gasteiger partial charge in [0, 0.05) is 18.7 Å². The van der Waals surface area contributed by atoms with Crippen molar-refractivity contribution in [2.45, 2.75) is 39.7 Å². The molecule has 7 heteroatoms. The van der Waals surface area contributed by atoms with E-state index in [1.165, 1.54) is 7.11 Å². The Morgan fingerprint density at radius 3 is 2.36 bits per heavy atom. The number of likely N-dealkylation sites (tertiary alicyclic amines) is 1.